The van der Waals surface area contributed by atoms with Gasteiger partial charge in [0.25, 0.3) is 0 Å². The van der Waals surface area contributed by atoms with Crippen molar-refractivity contribution in [2.24, 2.45) is 0 Å². The van der Waals surface area contributed by atoms with Gasteiger partial charge in [-0.05, 0) is 12.8 Å². The minimum Gasteiger partial charge on any atom is -0.427 e. The maximum absolute atomic E-state index is 5.49. The molecule has 0 fully saturated rings. The zero-order valence-electron chi connectivity index (χ0n) is 13.0. The van der Waals surface area contributed by atoms with Gasteiger partial charge in [-0.25, -0.2) is 0 Å². The molecule has 3 heteroatoms. The predicted molar refractivity (Wildman–Crippen MR) is 79.2 cm³/mol. The van der Waals surface area contributed by atoms with Gasteiger partial charge in [-0.1, -0.05) is 72.1 Å². The van der Waals surface area contributed by atoms with Gasteiger partial charge in [-0.2, -0.15) is 0 Å². The van der Waals surface area contributed by atoms with Crippen LogP contribution in [0.1, 0.15) is 90.9 Å². The molecule has 3 nitrogen and oxygen atoms in total. The molecule has 0 aliphatic heterocycles. The van der Waals surface area contributed by atoms with Gasteiger partial charge in [0.15, 0.2) is 0 Å². The molecule has 0 atom stereocenters. The van der Waals surface area contributed by atoms with Crippen LogP contribution in [-0.2, 0) is 5.41 Å². The fourth-order valence-corrected chi connectivity index (χ4v) is 2.66. The Morgan fingerprint density at radius 1 is 0.947 bits per heavy atom. The second-order valence-corrected chi connectivity index (χ2v) is 5.93. The summed E-state index contributed by atoms with van der Waals surface area (Å²) in [5.41, 5.74) is 0.0813. The highest BCUT2D eigenvalue weighted by molar-refractivity contribution is 5.00. The molecule has 0 radical (unpaired) electrons. The van der Waals surface area contributed by atoms with Gasteiger partial charge in [0.1, 0.15) is 0 Å². The Bertz CT molecular complexity index is 297. The Hall–Kier alpha value is -0.860. The first kappa shape index (κ1) is 16.2. The van der Waals surface area contributed by atoms with E-state index in [1.807, 2.05) is 0 Å². The lowest BCUT2D eigenvalue weighted by Gasteiger charge is -2.25. The van der Waals surface area contributed by atoms with Crippen LogP contribution in [0.25, 0.3) is 0 Å². The number of aromatic nitrogens is 2. The third kappa shape index (κ3) is 5.75. The highest BCUT2D eigenvalue weighted by Crippen LogP contribution is 2.34. The SMILES string of the molecule is CCCCCCC(C)(CCCCCC)c1nnco1. The number of hydrogen-bond donors (Lipinski definition) is 0. The van der Waals surface area contributed by atoms with E-state index in [0.29, 0.717) is 0 Å². The second kappa shape index (κ2) is 9.11. The molecule has 0 aliphatic rings. The van der Waals surface area contributed by atoms with Crippen molar-refractivity contribution in [2.75, 3.05) is 0 Å². The molecule has 0 aliphatic carbocycles. The van der Waals surface area contributed by atoms with Gasteiger partial charge in [-0.15, -0.1) is 10.2 Å². The summed E-state index contributed by atoms with van der Waals surface area (Å²) in [5, 5.41) is 8.03. The Kier molecular flexibility index (Phi) is 7.76. The Labute approximate surface area is 118 Å². The number of nitrogens with zero attached hydrogens (tertiary/aromatic N) is 2. The molecule has 0 unspecified atom stereocenters. The van der Waals surface area contributed by atoms with Crippen LogP contribution in [-0.4, -0.2) is 10.2 Å². The lowest BCUT2D eigenvalue weighted by atomic mass is 9.79. The van der Waals surface area contributed by atoms with Crippen molar-refractivity contribution in [3.05, 3.63) is 12.3 Å². The lowest BCUT2D eigenvalue weighted by molar-refractivity contribution is 0.287. The monoisotopic (exact) mass is 266 g/mol. The summed E-state index contributed by atoms with van der Waals surface area (Å²) in [6.45, 7) is 6.79. The molecule has 1 rings (SSSR count). The van der Waals surface area contributed by atoms with Crippen LogP contribution in [0.15, 0.2) is 10.8 Å². The zero-order chi connectivity index (χ0) is 14.0. The van der Waals surface area contributed by atoms with Crippen LogP contribution < -0.4 is 0 Å². The van der Waals surface area contributed by atoms with E-state index in [0.717, 1.165) is 5.89 Å². The molecule has 1 aromatic heterocycles. The molecule has 0 bridgehead atoms. The maximum Gasteiger partial charge on any atom is 0.222 e. The highest BCUT2D eigenvalue weighted by Gasteiger charge is 2.30. The van der Waals surface area contributed by atoms with E-state index in [1.54, 1.807) is 0 Å². The van der Waals surface area contributed by atoms with Crippen LogP contribution in [0.3, 0.4) is 0 Å². The summed E-state index contributed by atoms with van der Waals surface area (Å²) in [7, 11) is 0. The quantitative estimate of drug-likeness (QED) is 0.512. The first-order chi connectivity index (χ1) is 9.23. The lowest BCUT2D eigenvalue weighted by Crippen LogP contribution is -2.22. The van der Waals surface area contributed by atoms with Crippen molar-refractivity contribution in [1.29, 1.82) is 0 Å². The van der Waals surface area contributed by atoms with Gasteiger partial charge >= 0.3 is 0 Å². The van der Waals surface area contributed by atoms with Gasteiger partial charge in [0.05, 0.1) is 0 Å². The molecule has 0 amide bonds. The highest BCUT2D eigenvalue weighted by atomic mass is 16.4. The molecule has 0 saturated carbocycles. The zero-order valence-corrected chi connectivity index (χ0v) is 13.0. The second-order valence-electron chi connectivity index (χ2n) is 5.93. The number of hydrogen-bond acceptors (Lipinski definition) is 3. The Morgan fingerprint density at radius 3 is 1.95 bits per heavy atom. The van der Waals surface area contributed by atoms with Crippen molar-refractivity contribution >= 4 is 0 Å². The van der Waals surface area contributed by atoms with Crippen molar-refractivity contribution < 1.29 is 4.42 Å². The fourth-order valence-electron chi connectivity index (χ4n) is 2.66. The van der Waals surface area contributed by atoms with Crippen molar-refractivity contribution in [3.8, 4) is 0 Å². The third-order valence-corrected chi connectivity index (χ3v) is 4.04. The molecule has 110 valence electrons. The van der Waals surface area contributed by atoms with E-state index in [-0.39, 0.29) is 5.41 Å². The summed E-state index contributed by atoms with van der Waals surface area (Å²) in [6, 6.07) is 0. The standard InChI is InChI=1S/C16H30N2O/c1-4-6-8-10-12-16(3,13-11-9-7-5-2)15-18-17-14-19-15/h14H,4-13H2,1-3H3. The maximum atomic E-state index is 5.49. The van der Waals surface area contributed by atoms with Gasteiger partial charge in [0.2, 0.25) is 12.3 Å². The molecule has 0 saturated heterocycles. The minimum atomic E-state index is 0.0813. The van der Waals surface area contributed by atoms with Gasteiger partial charge in [0, 0.05) is 5.41 Å². The third-order valence-electron chi connectivity index (χ3n) is 4.04. The Morgan fingerprint density at radius 2 is 1.53 bits per heavy atom. The molecule has 1 heterocycles. The molecule has 0 spiro atoms. The Balaban J connectivity index is 2.47. The van der Waals surface area contributed by atoms with Crippen LogP contribution in [0.5, 0.6) is 0 Å². The molecule has 1 aromatic rings. The van der Waals surface area contributed by atoms with E-state index < -0.39 is 0 Å². The summed E-state index contributed by atoms with van der Waals surface area (Å²) >= 11 is 0. The topological polar surface area (TPSA) is 38.9 Å². The first-order valence-corrected chi connectivity index (χ1v) is 7.99. The molecule has 0 N–H and O–H groups in total. The van der Waals surface area contributed by atoms with E-state index in [1.165, 1.54) is 70.6 Å². The smallest absolute Gasteiger partial charge is 0.222 e. The fraction of sp³-hybridized carbons (Fsp3) is 0.875. The van der Waals surface area contributed by atoms with Gasteiger partial charge < -0.3 is 4.42 Å². The van der Waals surface area contributed by atoms with Crippen molar-refractivity contribution in [1.82, 2.24) is 10.2 Å². The van der Waals surface area contributed by atoms with Crippen molar-refractivity contribution in [3.63, 3.8) is 0 Å². The van der Waals surface area contributed by atoms with E-state index in [4.69, 9.17) is 4.42 Å². The van der Waals surface area contributed by atoms with E-state index in [9.17, 15) is 0 Å². The van der Waals surface area contributed by atoms with E-state index in [2.05, 4.69) is 31.0 Å². The first-order valence-electron chi connectivity index (χ1n) is 7.99. The van der Waals surface area contributed by atoms with Gasteiger partial charge in [-0.3, -0.25) is 0 Å². The summed E-state index contributed by atoms with van der Waals surface area (Å²) in [4.78, 5) is 0. The van der Waals surface area contributed by atoms with E-state index >= 15 is 0 Å². The number of unbranched alkanes of at least 4 members (excludes halogenated alkanes) is 6. The average Bonchev–Trinajstić information content (AvgIpc) is 2.95. The predicted octanol–water partition coefficient (Wildman–Crippen LogP) is 5.27. The summed E-state index contributed by atoms with van der Waals surface area (Å²) in [5.74, 6) is 0.834. The minimum absolute atomic E-state index is 0.0813. The van der Waals surface area contributed by atoms with Crippen LogP contribution >= 0.6 is 0 Å². The normalized spacial score (nSPS) is 11.9. The van der Waals surface area contributed by atoms with Crippen molar-refractivity contribution in [2.45, 2.75) is 90.4 Å². The summed E-state index contributed by atoms with van der Waals surface area (Å²) < 4.78 is 5.49. The van der Waals surface area contributed by atoms with Crippen LogP contribution in [0.2, 0.25) is 0 Å². The molecule has 19 heavy (non-hydrogen) atoms. The van der Waals surface area contributed by atoms with Crippen LogP contribution in [0.4, 0.5) is 0 Å². The largest absolute Gasteiger partial charge is 0.427 e. The average molecular weight is 266 g/mol. The number of rotatable bonds is 11. The summed E-state index contributed by atoms with van der Waals surface area (Å²) in [6.07, 6.45) is 14.2. The molecule has 0 aromatic carbocycles. The molecular formula is C16H30N2O. The molecular weight excluding hydrogens is 236 g/mol. The van der Waals surface area contributed by atoms with Crippen LogP contribution in [0, 0.1) is 0 Å².